The standard InChI is InChI=1S/C18H11F6N5O3/c19-17(20,21)10-2-4-11(5-3-10)26-15(30)12-6-1-9(7-25-12)8-29-13(16(31)32)14(27-28-29)18(22,23)24/h1-7H,8H2,(H,26,30)(H,31,32). The van der Waals surface area contributed by atoms with Crippen molar-refractivity contribution in [2.45, 2.75) is 18.9 Å². The van der Waals surface area contributed by atoms with Crippen molar-refractivity contribution in [1.29, 1.82) is 0 Å². The molecule has 32 heavy (non-hydrogen) atoms. The summed E-state index contributed by atoms with van der Waals surface area (Å²) in [5.41, 5.74) is -3.52. The summed E-state index contributed by atoms with van der Waals surface area (Å²) in [6.07, 6.45) is -8.42. The van der Waals surface area contributed by atoms with Gasteiger partial charge in [0, 0.05) is 11.9 Å². The van der Waals surface area contributed by atoms with E-state index >= 15 is 0 Å². The third-order valence-electron chi connectivity index (χ3n) is 4.07. The molecule has 0 bridgehead atoms. The van der Waals surface area contributed by atoms with Crippen LogP contribution in [0.4, 0.5) is 32.0 Å². The highest BCUT2D eigenvalue weighted by molar-refractivity contribution is 6.02. The zero-order chi connectivity index (χ0) is 23.7. The second-order valence-electron chi connectivity index (χ2n) is 6.33. The Morgan fingerprint density at radius 2 is 1.62 bits per heavy atom. The van der Waals surface area contributed by atoms with E-state index in [-0.39, 0.29) is 16.9 Å². The van der Waals surface area contributed by atoms with Crippen molar-refractivity contribution >= 4 is 17.6 Å². The molecule has 168 valence electrons. The third-order valence-corrected chi connectivity index (χ3v) is 4.07. The van der Waals surface area contributed by atoms with Crippen LogP contribution in [0.5, 0.6) is 0 Å². The lowest BCUT2D eigenvalue weighted by molar-refractivity contribution is -0.141. The molecule has 0 aliphatic rings. The number of benzene rings is 1. The summed E-state index contributed by atoms with van der Waals surface area (Å²) in [5.74, 6) is -2.62. The van der Waals surface area contributed by atoms with Crippen LogP contribution in [0.1, 0.15) is 37.8 Å². The summed E-state index contributed by atoms with van der Waals surface area (Å²) in [6, 6.07) is 6.21. The van der Waals surface area contributed by atoms with Gasteiger partial charge in [-0.25, -0.2) is 9.48 Å². The maximum Gasteiger partial charge on any atom is 0.437 e. The molecule has 14 heteroatoms. The highest BCUT2D eigenvalue weighted by Gasteiger charge is 2.41. The van der Waals surface area contributed by atoms with Gasteiger partial charge in [0.1, 0.15) is 5.69 Å². The van der Waals surface area contributed by atoms with Crippen LogP contribution in [-0.2, 0) is 18.9 Å². The number of carboxylic acids is 1. The van der Waals surface area contributed by atoms with Crippen molar-refractivity contribution in [3.63, 3.8) is 0 Å². The number of carboxylic acid groups (broad SMARTS) is 1. The maximum absolute atomic E-state index is 12.9. The molecule has 3 aromatic rings. The first-order valence-electron chi connectivity index (χ1n) is 8.54. The van der Waals surface area contributed by atoms with Crippen LogP contribution in [-0.4, -0.2) is 37.0 Å². The molecule has 2 N–H and O–H groups in total. The van der Waals surface area contributed by atoms with Gasteiger partial charge in [-0.15, -0.1) is 5.10 Å². The van der Waals surface area contributed by atoms with Crippen molar-refractivity contribution in [3.8, 4) is 0 Å². The summed E-state index contributed by atoms with van der Waals surface area (Å²) in [4.78, 5) is 27.2. The fraction of sp³-hybridized carbons (Fsp3) is 0.167. The van der Waals surface area contributed by atoms with E-state index in [1.54, 1.807) is 0 Å². The number of pyridine rings is 1. The number of rotatable bonds is 5. The number of anilines is 1. The number of amides is 1. The van der Waals surface area contributed by atoms with Crippen molar-refractivity contribution in [2.24, 2.45) is 0 Å². The number of aromatic nitrogens is 4. The van der Waals surface area contributed by atoms with Crippen LogP contribution in [0.15, 0.2) is 42.6 Å². The van der Waals surface area contributed by atoms with Crippen LogP contribution in [0.3, 0.4) is 0 Å². The summed E-state index contributed by atoms with van der Waals surface area (Å²) >= 11 is 0. The lowest BCUT2D eigenvalue weighted by Gasteiger charge is -2.09. The second-order valence-corrected chi connectivity index (χ2v) is 6.33. The van der Waals surface area contributed by atoms with Gasteiger partial charge in [0.05, 0.1) is 12.1 Å². The minimum atomic E-state index is -5.01. The Hall–Kier alpha value is -3.97. The number of carbonyl (C=O) groups is 2. The van der Waals surface area contributed by atoms with E-state index in [4.69, 9.17) is 5.11 Å². The number of hydrogen-bond donors (Lipinski definition) is 2. The molecule has 0 saturated heterocycles. The average molecular weight is 459 g/mol. The minimum absolute atomic E-state index is 0.0854. The molecule has 0 aliphatic heterocycles. The molecular weight excluding hydrogens is 448 g/mol. The number of nitrogens with one attached hydrogen (secondary N) is 1. The molecule has 3 rings (SSSR count). The first kappa shape index (κ1) is 22.7. The molecular formula is C18H11F6N5O3. The SMILES string of the molecule is O=C(Nc1ccc(C(F)(F)F)cc1)c1ccc(Cn2nnc(C(F)(F)F)c2C(=O)O)cn1. The molecule has 2 aromatic heterocycles. The molecule has 2 heterocycles. The zero-order valence-corrected chi connectivity index (χ0v) is 15.6. The number of carbonyl (C=O) groups excluding carboxylic acids is 1. The van der Waals surface area contributed by atoms with Crippen LogP contribution in [0.25, 0.3) is 0 Å². The second kappa shape index (κ2) is 8.28. The Kier molecular flexibility index (Phi) is 5.88. The molecule has 1 amide bonds. The highest BCUT2D eigenvalue weighted by Crippen LogP contribution is 2.31. The van der Waals surface area contributed by atoms with Crippen LogP contribution >= 0.6 is 0 Å². The van der Waals surface area contributed by atoms with Gasteiger partial charge < -0.3 is 10.4 Å². The molecule has 1 aromatic carbocycles. The Morgan fingerprint density at radius 1 is 0.969 bits per heavy atom. The molecule has 0 saturated carbocycles. The van der Waals surface area contributed by atoms with E-state index in [0.717, 1.165) is 30.5 Å². The minimum Gasteiger partial charge on any atom is -0.476 e. The van der Waals surface area contributed by atoms with Crippen molar-refractivity contribution in [1.82, 2.24) is 20.0 Å². The number of aromatic carboxylic acids is 1. The predicted octanol–water partition coefficient (Wildman–Crippen LogP) is 3.71. The number of alkyl halides is 6. The van der Waals surface area contributed by atoms with E-state index in [9.17, 15) is 35.9 Å². The van der Waals surface area contributed by atoms with Gasteiger partial charge in [0.2, 0.25) is 5.69 Å². The van der Waals surface area contributed by atoms with Gasteiger partial charge in [0.25, 0.3) is 5.91 Å². The molecule has 0 atom stereocenters. The molecule has 0 fully saturated rings. The Morgan fingerprint density at radius 3 is 2.12 bits per heavy atom. The summed E-state index contributed by atoms with van der Waals surface area (Å²) in [5, 5.41) is 17.5. The Bertz CT molecular complexity index is 1140. The van der Waals surface area contributed by atoms with Crippen LogP contribution in [0.2, 0.25) is 0 Å². The predicted molar refractivity (Wildman–Crippen MR) is 94.7 cm³/mol. The number of hydrogen-bond acceptors (Lipinski definition) is 5. The summed E-state index contributed by atoms with van der Waals surface area (Å²) in [7, 11) is 0. The van der Waals surface area contributed by atoms with E-state index in [1.165, 1.54) is 12.1 Å². The van der Waals surface area contributed by atoms with Gasteiger partial charge in [-0.3, -0.25) is 9.78 Å². The molecule has 0 radical (unpaired) electrons. The lowest BCUT2D eigenvalue weighted by Crippen LogP contribution is -2.17. The first-order chi connectivity index (χ1) is 14.9. The van der Waals surface area contributed by atoms with E-state index in [1.807, 2.05) is 0 Å². The fourth-order valence-corrected chi connectivity index (χ4v) is 2.59. The summed E-state index contributed by atoms with van der Waals surface area (Å²) in [6.45, 7) is -0.418. The van der Waals surface area contributed by atoms with Gasteiger partial charge in [-0.1, -0.05) is 11.3 Å². The topological polar surface area (TPSA) is 110 Å². The Balaban J connectivity index is 1.72. The number of halogens is 6. The summed E-state index contributed by atoms with van der Waals surface area (Å²) < 4.78 is 76.9. The van der Waals surface area contributed by atoms with Crippen molar-refractivity contribution in [3.05, 3.63) is 70.8 Å². The fourth-order valence-electron chi connectivity index (χ4n) is 2.59. The van der Waals surface area contributed by atoms with Gasteiger partial charge in [-0.2, -0.15) is 26.3 Å². The van der Waals surface area contributed by atoms with E-state index < -0.39 is 47.7 Å². The smallest absolute Gasteiger partial charge is 0.437 e. The van der Waals surface area contributed by atoms with Gasteiger partial charge in [-0.05, 0) is 35.9 Å². The number of nitrogens with zero attached hydrogens (tertiary/aromatic N) is 4. The van der Waals surface area contributed by atoms with E-state index in [0.29, 0.717) is 4.68 Å². The zero-order valence-electron chi connectivity index (χ0n) is 15.6. The van der Waals surface area contributed by atoms with Crippen LogP contribution < -0.4 is 5.32 Å². The molecule has 0 spiro atoms. The van der Waals surface area contributed by atoms with Gasteiger partial charge in [0.15, 0.2) is 5.69 Å². The van der Waals surface area contributed by atoms with E-state index in [2.05, 4.69) is 20.6 Å². The first-order valence-corrected chi connectivity index (χ1v) is 8.54. The molecule has 0 unspecified atom stereocenters. The third kappa shape index (κ3) is 5.01. The van der Waals surface area contributed by atoms with Crippen LogP contribution in [0, 0.1) is 0 Å². The normalized spacial score (nSPS) is 11.9. The van der Waals surface area contributed by atoms with Crippen molar-refractivity contribution in [2.75, 3.05) is 5.32 Å². The average Bonchev–Trinajstić information content (AvgIpc) is 3.12. The quantitative estimate of drug-likeness (QED) is 0.563. The monoisotopic (exact) mass is 459 g/mol. The lowest BCUT2D eigenvalue weighted by atomic mass is 10.2. The molecule has 0 aliphatic carbocycles. The molecule has 8 nitrogen and oxygen atoms in total. The largest absolute Gasteiger partial charge is 0.476 e. The highest BCUT2D eigenvalue weighted by atomic mass is 19.4. The van der Waals surface area contributed by atoms with Gasteiger partial charge >= 0.3 is 18.3 Å². The Labute approximate surface area is 174 Å². The van der Waals surface area contributed by atoms with Crippen molar-refractivity contribution < 1.29 is 41.0 Å². The maximum atomic E-state index is 12.9.